The second-order valence-corrected chi connectivity index (χ2v) is 15.3. The molecule has 0 aliphatic heterocycles. The van der Waals surface area contributed by atoms with Crippen molar-refractivity contribution in [1.82, 2.24) is 19.9 Å². The molecule has 0 radical (unpaired) electrons. The number of para-hydroxylation sites is 4. The summed E-state index contributed by atoms with van der Waals surface area (Å²) in [5, 5.41) is 4.27. The van der Waals surface area contributed by atoms with Gasteiger partial charge in [0.15, 0.2) is 17.5 Å². The Bertz CT molecular complexity index is 3540. The van der Waals surface area contributed by atoms with Crippen LogP contribution in [0.2, 0.25) is 0 Å². The van der Waals surface area contributed by atoms with E-state index in [-0.39, 0.29) is 0 Å². The molecule has 0 saturated heterocycles. The first-order chi connectivity index (χ1) is 31.1. The molecule has 0 amide bonds. The van der Waals surface area contributed by atoms with Crippen molar-refractivity contribution in [3.63, 3.8) is 0 Å². The Morgan fingerprint density at radius 2 is 1.06 bits per heavy atom. The van der Waals surface area contributed by atoms with Crippen LogP contribution in [0.4, 0.5) is 0 Å². The smallest absolute Gasteiger partial charge is 0.164 e. The molecule has 0 bridgehead atoms. The van der Waals surface area contributed by atoms with Gasteiger partial charge in [-0.25, -0.2) is 15.0 Å². The van der Waals surface area contributed by atoms with E-state index >= 15 is 0 Å². The van der Waals surface area contributed by atoms with E-state index in [9.17, 15) is 0 Å². The zero-order valence-electron chi connectivity index (χ0n) is 34.2. The normalized spacial score (nSPS) is 12.1. The van der Waals surface area contributed by atoms with Gasteiger partial charge in [-0.05, 0) is 73.3 Å². The minimum Gasteiger partial charge on any atom is -0.455 e. The molecule has 0 unspecified atom stereocenters. The van der Waals surface area contributed by atoms with Crippen LogP contribution >= 0.6 is 0 Å². The highest BCUT2D eigenvalue weighted by Crippen LogP contribution is 2.39. The molecule has 0 aliphatic carbocycles. The van der Waals surface area contributed by atoms with Crippen molar-refractivity contribution in [2.45, 2.75) is 6.92 Å². The number of fused-ring (bicyclic) bond motifs is 6. The van der Waals surface area contributed by atoms with E-state index in [2.05, 4.69) is 96.7 Å². The number of allylic oxidation sites excluding steroid dienone is 3. The molecular weight excluding hydrogens is 775 g/mol. The summed E-state index contributed by atoms with van der Waals surface area (Å²) in [6.07, 6.45) is 5.98. The molecule has 0 aliphatic rings. The fourth-order valence-electron chi connectivity index (χ4n) is 8.38. The van der Waals surface area contributed by atoms with Crippen molar-refractivity contribution in [3.8, 4) is 56.5 Å². The lowest BCUT2D eigenvalue weighted by atomic mass is 9.96. The van der Waals surface area contributed by atoms with E-state index in [0.717, 1.165) is 99.7 Å². The van der Waals surface area contributed by atoms with Crippen LogP contribution in [0.15, 0.2) is 208 Å². The Hall–Kier alpha value is -8.55. The molecule has 0 atom stereocenters. The average molecular weight is 812 g/mol. The highest BCUT2D eigenvalue weighted by atomic mass is 16.3. The van der Waals surface area contributed by atoms with Gasteiger partial charge in [-0.1, -0.05) is 140 Å². The average Bonchev–Trinajstić information content (AvgIpc) is 3.94. The van der Waals surface area contributed by atoms with E-state index in [0.29, 0.717) is 23.2 Å². The first kappa shape index (κ1) is 37.4. The molecule has 11 rings (SSSR count). The van der Waals surface area contributed by atoms with Crippen LogP contribution in [0.5, 0.6) is 0 Å². The molecular formula is C56H37N5O2. The fraction of sp³-hybridized carbons (Fsp3) is 0.0179. The van der Waals surface area contributed by atoms with Crippen LogP contribution in [0.25, 0.3) is 112 Å². The van der Waals surface area contributed by atoms with Crippen molar-refractivity contribution in [2.75, 3.05) is 0 Å². The molecule has 0 fully saturated rings. The number of rotatable bonds is 9. The fourth-order valence-corrected chi connectivity index (χ4v) is 8.38. The number of furan rings is 2. The van der Waals surface area contributed by atoms with Crippen molar-refractivity contribution in [2.24, 2.45) is 4.99 Å². The standard InChI is InChI=1S/C56H37N5O2/c1-3-35(42-22-14-24-46-44-20-10-12-26-50(44)62-52(42)46)33-48(57-2)39-30-40(49-34-38(28-29-58-49)43-23-15-25-47-45-21-11-13-27-51(45)63-53(43)47)32-41(31-39)56-60-54(36-16-6-4-7-17-36)59-55(61-56)37-18-8-5-9-19-37/h3-34H,2H2,1H3/b35-3+,48-33-. The lowest BCUT2D eigenvalue weighted by Gasteiger charge is -2.13. The molecule has 4 aromatic heterocycles. The van der Waals surface area contributed by atoms with Crippen molar-refractivity contribution in [3.05, 3.63) is 205 Å². The monoisotopic (exact) mass is 811 g/mol. The zero-order valence-corrected chi connectivity index (χ0v) is 34.2. The minimum absolute atomic E-state index is 0.510. The SMILES string of the molecule is C=N/C(=C\C(=C/C)c1cccc2c1oc1ccccc12)c1cc(-c2cc(-c3cccc4c3oc3ccccc34)ccn2)cc(-c2nc(-c3ccccc3)nc(-c3ccccc3)n2)c1. The maximum atomic E-state index is 6.47. The van der Waals surface area contributed by atoms with Gasteiger partial charge in [-0.2, -0.15) is 0 Å². The lowest BCUT2D eigenvalue weighted by molar-refractivity contribution is 0.667. The van der Waals surface area contributed by atoms with Gasteiger partial charge in [0.25, 0.3) is 0 Å². The van der Waals surface area contributed by atoms with Gasteiger partial charge in [-0.3, -0.25) is 9.98 Å². The maximum Gasteiger partial charge on any atom is 0.164 e. The maximum absolute atomic E-state index is 6.47. The van der Waals surface area contributed by atoms with Crippen LogP contribution in [-0.4, -0.2) is 26.7 Å². The van der Waals surface area contributed by atoms with Crippen LogP contribution in [-0.2, 0) is 0 Å². The minimum atomic E-state index is 0.510. The van der Waals surface area contributed by atoms with Gasteiger partial charge >= 0.3 is 0 Å². The Morgan fingerprint density at radius 3 is 1.71 bits per heavy atom. The molecule has 0 saturated carbocycles. The Balaban J connectivity index is 1.11. The lowest BCUT2D eigenvalue weighted by Crippen LogP contribution is -2.01. The second-order valence-electron chi connectivity index (χ2n) is 15.3. The topological polar surface area (TPSA) is 90.2 Å². The van der Waals surface area contributed by atoms with E-state index in [4.69, 9.17) is 28.8 Å². The van der Waals surface area contributed by atoms with Crippen LogP contribution in [0.3, 0.4) is 0 Å². The van der Waals surface area contributed by atoms with Gasteiger partial charge in [0.2, 0.25) is 0 Å². The number of aliphatic imine (C=N–C) groups is 1. The number of nitrogens with zero attached hydrogens (tertiary/aromatic N) is 5. The van der Waals surface area contributed by atoms with E-state index in [1.54, 1.807) is 0 Å². The third-order valence-electron chi connectivity index (χ3n) is 11.4. The summed E-state index contributed by atoms with van der Waals surface area (Å²) in [4.78, 5) is 24.8. The molecule has 0 spiro atoms. The summed E-state index contributed by atoms with van der Waals surface area (Å²) in [6.45, 7) is 6.12. The molecule has 0 N–H and O–H groups in total. The number of aromatic nitrogens is 4. The van der Waals surface area contributed by atoms with Crippen LogP contribution in [0.1, 0.15) is 18.1 Å². The molecule has 4 heterocycles. The third-order valence-corrected chi connectivity index (χ3v) is 11.4. The largest absolute Gasteiger partial charge is 0.455 e. The molecule has 7 heteroatoms. The number of hydrogen-bond acceptors (Lipinski definition) is 7. The quantitative estimate of drug-likeness (QED) is 0.106. The highest BCUT2D eigenvalue weighted by Gasteiger charge is 2.19. The Labute approximate surface area is 363 Å². The van der Waals surface area contributed by atoms with Gasteiger partial charge in [0, 0.05) is 66.7 Å². The Morgan fingerprint density at radius 1 is 0.508 bits per heavy atom. The summed E-state index contributed by atoms with van der Waals surface area (Å²) in [6, 6.07) is 59.1. The summed E-state index contributed by atoms with van der Waals surface area (Å²) < 4.78 is 12.9. The number of pyridine rings is 1. The number of benzene rings is 7. The highest BCUT2D eigenvalue weighted by molar-refractivity contribution is 6.10. The van der Waals surface area contributed by atoms with E-state index in [1.165, 1.54) is 0 Å². The predicted octanol–water partition coefficient (Wildman–Crippen LogP) is 14.5. The molecule has 7 nitrogen and oxygen atoms in total. The van der Waals surface area contributed by atoms with Crippen molar-refractivity contribution >= 4 is 61.9 Å². The summed E-state index contributed by atoms with van der Waals surface area (Å²) in [5.74, 6) is 1.65. The molecule has 11 aromatic rings. The summed E-state index contributed by atoms with van der Waals surface area (Å²) >= 11 is 0. The van der Waals surface area contributed by atoms with Crippen LogP contribution in [0, 0.1) is 0 Å². The van der Waals surface area contributed by atoms with E-state index in [1.807, 2.05) is 116 Å². The van der Waals surface area contributed by atoms with Crippen molar-refractivity contribution in [1.29, 1.82) is 0 Å². The number of hydrogen-bond donors (Lipinski definition) is 0. The third kappa shape index (κ3) is 6.88. The van der Waals surface area contributed by atoms with Crippen LogP contribution < -0.4 is 0 Å². The Kier molecular flexibility index (Phi) is 9.40. The molecule has 63 heavy (non-hydrogen) atoms. The van der Waals surface area contributed by atoms with Crippen molar-refractivity contribution < 1.29 is 8.83 Å². The first-order valence-corrected chi connectivity index (χ1v) is 20.8. The van der Waals surface area contributed by atoms with Gasteiger partial charge in [-0.15, -0.1) is 0 Å². The second kappa shape index (κ2) is 15.8. The van der Waals surface area contributed by atoms with Gasteiger partial charge in [0.1, 0.15) is 22.3 Å². The molecule has 298 valence electrons. The zero-order chi connectivity index (χ0) is 42.3. The van der Waals surface area contributed by atoms with E-state index < -0.39 is 0 Å². The summed E-state index contributed by atoms with van der Waals surface area (Å²) in [7, 11) is 0. The summed E-state index contributed by atoms with van der Waals surface area (Å²) in [5.41, 5.74) is 12.8. The molecule has 7 aromatic carbocycles. The first-order valence-electron chi connectivity index (χ1n) is 20.8. The predicted molar refractivity (Wildman–Crippen MR) is 257 cm³/mol. The van der Waals surface area contributed by atoms with Gasteiger partial charge in [0.05, 0.1) is 11.4 Å². The van der Waals surface area contributed by atoms with Gasteiger partial charge < -0.3 is 8.83 Å².